The maximum absolute atomic E-state index is 13.1. The minimum Gasteiger partial charge on any atom is -0.366 e. The van der Waals surface area contributed by atoms with Crippen molar-refractivity contribution in [2.24, 2.45) is 5.73 Å². The van der Waals surface area contributed by atoms with Crippen LogP contribution in [0.25, 0.3) is 0 Å². The number of primary amides is 1. The number of carbonyl (C=O) groups excluding carboxylic acids is 1. The molecule has 134 valence electrons. The predicted octanol–water partition coefficient (Wildman–Crippen LogP) is 3.44. The molecule has 0 radical (unpaired) electrons. The lowest BCUT2D eigenvalue weighted by atomic mass is 9.95. The minimum absolute atomic E-state index is 0.289. The molecule has 0 saturated heterocycles. The minimum atomic E-state index is -3.80. The average molecular weight is 360 g/mol. The second-order valence-corrected chi connectivity index (χ2v) is 8.02. The second kappa shape index (κ2) is 6.52. The highest BCUT2D eigenvalue weighted by atomic mass is 32.2. The highest BCUT2D eigenvalue weighted by molar-refractivity contribution is 7.92. The molecular formula is C19H24N2O3S. The molecule has 0 spiro atoms. The summed E-state index contributed by atoms with van der Waals surface area (Å²) in [4.78, 5) is 11.8. The normalized spacial score (nSPS) is 11.4. The molecule has 0 bridgehead atoms. The molecule has 2 aromatic carbocycles. The largest absolute Gasteiger partial charge is 0.366 e. The van der Waals surface area contributed by atoms with E-state index in [2.05, 4.69) is 4.72 Å². The third-order valence-electron chi connectivity index (χ3n) is 5.04. The van der Waals surface area contributed by atoms with E-state index >= 15 is 0 Å². The number of sulfonamides is 1. The Morgan fingerprint density at radius 2 is 1.32 bits per heavy atom. The summed E-state index contributed by atoms with van der Waals surface area (Å²) in [6.45, 7) is 11.1. The van der Waals surface area contributed by atoms with Gasteiger partial charge in [-0.15, -0.1) is 0 Å². The van der Waals surface area contributed by atoms with Crippen LogP contribution in [0, 0.1) is 41.5 Å². The topological polar surface area (TPSA) is 89.3 Å². The number of nitrogens with one attached hydrogen (secondary N) is 1. The molecule has 2 aromatic rings. The van der Waals surface area contributed by atoms with Gasteiger partial charge < -0.3 is 5.73 Å². The quantitative estimate of drug-likeness (QED) is 0.875. The molecule has 0 fully saturated rings. The standard InChI is InChI=1S/C19H24N2O3S/c1-10-11(2)13(4)18(14(5)12(10)3)25(23,24)21-17-9-7-8-16(15(17)6)19(20)22/h7-9,21H,1-6H3,(H2,20,22). The van der Waals surface area contributed by atoms with Gasteiger partial charge in [-0.1, -0.05) is 6.07 Å². The van der Waals surface area contributed by atoms with Crippen LogP contribution in [0.4, 0.5) is 5.69 Å². The third kappa shape index (κ3) is 3.26. The van der Waals surface area contributed by atoms with Crippen LogP contribution in [0.2, 0.25) is 0 Å². The van der Waals surface area contributed by atoms with Crippen molar-refractivity contribution in [2.45, 2.75) is 46.4 Å². The Kier molecular flexibility index (Phi) is 4.95. The molecule has 0 aromatic heterocycles. The van der Waals surface area contributed by atoms with Crippen LogP contribution in [0.3, 0.4) is 0 Å². The monoisotopic (exact) mass is 360 g/mol. The van der Waals surface area contributed by atoms with E-state index in [4.69, 9.17) is 5.73 Å². The van der Waals surface area contributed by atoms with Gasteiger partial charge in [0.2, 0.25) is 5.91 Å². The van der Waals surface area contributed by atoms with E-state index in [1.807, 2.05) is 34.6 Å². The maximum atomic E-state index is 13.1. The number of hydrogen-bond acceptors (Lipinski definition) is 3. The van der Waals surface area contributed by atoms with E-state index in [1.165, 1.54) is 0 Å². The summed E-state index contributed by atoms with van der Waals surface area (Å²) in [5.74, 6) is -0.590. The molecule has 0 atom stereocenters. The van der Waals surface area contributed by atoms with Gasteiger partial charge in [-0.05, 0) is 87.1 Å². The first-order valence-electron chi connectivity index (χ1n) is 7.98. The summed E-state index contributed by atoms with van der Waals surface area (Å²) in [6, 6.07) is 4.81. The van der Waals surface area contributed by atoms with Crippen LogP contribution in [0.15, 0.2) is 23.1 Å². The summed E-state index contributed by atoms with van der Waals surface area (Å²) in [6.07, 6.45) is 0. The maximum Gasteiger partial charge on any atom is 0.262 e. The third-order valence-corrected chi connectivity index (χ3v) is 6.68. The zero-order valence-electron chi connectivity index (χ0n) is 15.4. The number of anilines is 1. The molecule has 6 heteroatoms. The number of carbonyl (C=O) groups is 1. The molecular weight excluding hydrogens is 336 g/mol. The van der Waals surface area contributed by atoms with E-state index in [-0.39, 0.29) is 4.90 Å². The van der Waals surface area contributed by atoms with Crippen molar-refractivity contribution >= 4 is 21.6 Å². The van der Waals surface area contributed by atoms with Crippen LogP contribution in [0.1, 0.15) is 43.7 Å². The predicted molar refractivity (Wildman–Crippen MR) is 101 cm³/mol. The number of nitrogens with two attached hydrogens (primary N) is 1. The zero-order chi connectivity index (χ0) is 19.1. The molecule has 1 amide bonds. The van der Waals surface area contributed by atoms with Crippen molar-refractivity contribution in [2.75, 3.05) is 4.72 Å². The van der Waals surface area contributed by atoms with Gasteiger partial charge in [0.05, 0.1) is 10.6 Å². The van der Waals surface area contributed by atoms with E-state index in [1.54, 1.807) is 25.1 Å². The fraction of sp³-hybridized carbons (Fsp3) is 0.316. The van der Waals surface area contributed by atoms with Crippen molar-refractivity contribution in [3.63, 3.8) is 0 Å². The van der Waals surface area contributed by atoms with E-state index in [9.17, 15) is 13.2 Å². The van der Waals surface area contributed by atoms with Crippen molar-refractivity contribution < 1.29 is 13.2 Å². The number of rotatable bonds is 4. The SMILES string of the molecule is Cc1c(NS(=O)(=O)c2c(C)c(C)c(C)c(C)c2C)cccc1C(N)=O. The van der Waals surface area contributed by atoms with E-state index in [0.29, 0.717) is 16.8 Å². The van der Waals surface area contributed by atoms with Gasteiger partial charge in [-0.2, -0.15) is 0 Å². The molecule has 0 aliphatic heterocycles. The molecule has 0 heterocycles. The molecule has 2 rings (SSSR count). The Hall–Kier alpha value is -2.34. The number of benzene rings is 2. The van der Waals surface area contributed by atoms with Crippen molar-refractivity contribution in [1.82, 2.24) is 0 Å². The van der Waals surface area contributed by atoms with Gasteiger partial charge in [0, 0.05) is 5.56 Å². The Labute approximate surface area is 149 Å². The molecule has 5 nitrogen and oxygen atoms in total. The summed E-state index contributed by atoms with van der Waals surface area (Å²) in [7, 11) is -3.80. The molecule has 0 aliphatic carbocycles. The van der Waals surface area contributed by atoms with Gasteiger partial charge in [-0.3, -0.25) is 9.52 Å². The number of amides is 1. The molecule has 0 saturated carbocycles. The van der Waals surface area contributed by atoms with Crippen LogP contribution < -0.4 is 10.5 Å². The van der Waals surface area contributed by atoms with Crippen LogP contribution >= 0.6 is 0 Å². The van der Waals surface area contributed by atoms with Crippen LogP contribution in [0.5, 0.6) is 0 Å². The van der Waals surface area contributed by atoms with Gasteiger partial charge in [0.25, 0.3) is 10.0 Å². The first kappa shape index (κ1) is 19.0. The highest BCUT2D eigenvalue weighted by Gasteiger charge is 2.24. The lowest BCUT2D eigenvalue weighted by Gasteiger charge is -2.20. The first-order valence-corrected chi connectivity index (χ1v) is 9.46. The highest BCUT2D eigenvalue weighted by Crippen LogP contribution is 2.31. The van der Waals surface area contributed by atoms with Gasteiger partial charge >= 0.3 is 0 Å². The Balaban J connectivity index is 2.64. The molecule has 0 unspecified atom stereocenters. The van der Waals surface area contributed by atoms with Crippen LogP contribution in [-0.2, 0) is 10.0 Å². The van der Waals surface area contributed by atoms with Crippen molar-refractivity contribution in [3.05, 3.63) is 57.1 Å². The van der Waals surface area contributed by atoms with E-state index < -0.39 is 15.9 Å². The van der Waals surface area contributed by atoms with Crippen LogP contribution in [-0.4, -0.2) is 14.3 Å². The van der Waals surface area contributed by atoms with Gasteiger partial charge in [0.1, 0.15) is 0 Å². The fourth-order valence-electron chi connectivity index (χ4n) is 3.08. The van der Waals surface area contributed by atoms with E-state index in [0.717, 1.165) is 27.8 Å². The summed E-state index contributed by atoms with van der Waals surface area (Å²) < 4.78 is 28.7. The second-order valence-electron chi connectivity index (χ2n) is 6.40. The summed E-state index contributed by atoms with van der Waals surface area (Å²) in [5.41, 5.74) is 11.0. The van der Waals surface area contributed by atoms with Crippen molar-refractivity contribution in [1.29, 1.82) is 0 Å². The van der Waals surface area contributed by atoms with Gasteiger partial charge in [0.15, 0.2) is 0 Å². The molecule has 3 N–H and O–H groups in total. The summed E-state index contributed by atoms with van der Waals surface area (Å²) >= 11 is 0. The Bertz CT molecular complexity index is 948. The Morgan fingerprint density at radius 3 is 1.80 bits per heavy atom. The molecule has 0 aliphatic rings. The first-order chi connectivity index (χ1) is 11.5. The summed E-state index contributed by atoms with van der Waals surface area (Å²) in [5, 5.41) is 0. The zero-order valence-corrected chi connectivity index (χ0v) is 16.3. The number of hydrogen-bond donors (Lipinski definition) is 2. The fourth-order valence-corrected chi connectivity index (χ4v) is 4.80. The smallest absolute Gasteiger partial charge is 0.262 e. The lowest BCUT2D eigenvalue weighted by Crippen LogP contribution is -2.19. The Morgan fingerprint density at radius 1 is 0.840 bits per heavy atom. The van der Waals surface area contributed by atoms with Gasteiger partial charge in [-0.25, -0.2) is 8.42 Å². The average Bonchev–Trinajstić information content (AvgIpc) is 2.52. The molecule has 25 heavy (non-hydrogen) atoms. The van der Waals surface area contributed by atoms with Crippen molar-refractivity contribution in [3.8, 4) is 0 Å². The lowest BCUT2D eigenvalue weighted by molar-refractivity contribution is 0.0999.